The van der Waals surface area contributed by atoms with Gasteiger partial charge in [-0.05, 0) is 19.1 Å². The van der Waals surface area contributed by atoms with Gasteiger partial charge in [-0.1, -0.05) is 11.6 Å². The molecule has 88 valence electrons. The van der Waals surface area contributed by atoms with Gasteiger partial charge >= 0.3 is 5.97 Å². The van der Waals surface area contributed by atoms with Crippen molar-refractivity contribution in [3.05, 3.63) is 36.3 Å². The van der Waals surface area contributed by atoms with Crippen molar-refractivity contribution in [2.75, 3.05) is 6.07 Å². The summed E-state index contributed by atoms with van der Waals surface area (Å²) in [6, 6.07) is 3.50. The predicted molar refractivity (Wildman–Crippen MR) is 63.7 cm³/mol. The Kier molecular flexibility index (Phi) is 3.54. The first-order valence-electron chi connectivity index (χ1n) is 5.26. The lowest BCUT2D eigenvalue weighted by molar-refractivity contribution is -0.668. The highest BCUT2D eigenvalue weighted by molar-refractivity contribution is 6.17. The molecule has 0 atom stereocenters. The Morgan fingerprint density at radius 2 is 2.41 bits per heavy atom. The summed E-state index contributed by atoms with van der Waals surface area (Å²) >= 11 is 5.38. The number of aryl methyl sites for hydroxylation is 1. The van der Waals surface area contributed by atoms with Gasteiger partial charge in [0.1, 0.15) is 12.1 Å². The van der Waals surface area contributed by atoms with Crippen LogP contribution in [0.1, 0.15) is 17.3 Å². The maximum absolute atomic E-state index is 11.6. The third-order valence-corrected chi connectivity index (χ3v) is 2.62. The number of nitrogens with zero attached hydrogens (tertiary/aromatic N) is 2. The number of esters is 1. The Hall–Kier alpha value is -1.68. The Labute approximate surface area is 104 Å². The van der Waals surface area contributed by atoms with Crippen LogP contribution >= 0.6 is 11.6 Å². The number of aromatic nitrogens is 2. The lowest BCUT2D eigenvalue weighted by atomic mass is 10.2. The summed E-state index contributed by atoms with van der Waals surface area (Å²) in [4.78, 5) is 15.7. The van der Waals surface area contributed by atoms with E-state index in [4.69, 9.17) is 16.3 Å². The van der Waals surface area contributed by atoms with E-state index in [1.54, 1.807) is 24.7 Å². The van der Waals surface area contributed by atoms with E-state index in [1.165, 1.54) is 0 Å². The van der Waals surface area contributed by atoms with Crippen LogP contribution in [-0.2, 0) is 11.3 Å². The molecule has 0 aliphatic rings. The third kappa shape index (κ3) is 2.36. The number of alkyl halides is 1. The molecular weight excluding hydrogens is 240 g/mol. The fraction of sp³-hybridized carbons (Fsp3) is 0.250. The Bertz CT molecular complexity index is 557. The van der Waals surface area contributed by atoms with Gasteiger partial charge in [0, 0.05) is 6.20 Å². The smallest absolute Gasteiger partial charge is 0.345 e. The number of pyridine rings is 2. The molecule has 2 aromatic rings. The van der Waals surface area contributed by atoms with Crippen LogP contribution in [0.4, 0.5) is 0 Å². The number of hydrogen-bond donors (Lipinski definition) is 0. The first-order chi connectivity index (χ1) is 8.26. The van der Waals surface area contributed by atoms with Crippen molar-refractivity contribution < 1.29 is 14.1 Å². The van der Waals surface area contributed by atoms with E-state index < -0.39 is 5.97 Å². The fourth-order valence-electron chi connectivity index (χ4n) is 1.71. The van der Waals surface area contributed by atoms with Crippen molar-refractivity contribution >= 4 is 28.5 Å². The summed E-state index contributed by atoms with van der Waals surface area (Å²) in [5.74, 6) is -0.416. The van der Waals surface area contributed by atoms with Crippen LogP contribution in [0, 0.1) is 0 Å². The van der Waals surface area contributed by atoms with Gasteiger partial charge < -0.3 is 4.74 Å². The van der Waals surface area contributed by atoms with Crippen molar-refractivity contribution in [3.63, 3.8) is 0 Å². The highest BCUT2D eigenvalue weighted by atomic mass is 35.5. The van der Waals surface area contributed by atoms with E-state index in [2.05, 4.69) is 4.98 Å². The zero-order valence-corrected chi connectivity index (χ0v) is 10.1. The number of fused-ring (bicyclic) bond motifs is 1. The summed E-state index contributed by atoms with van der Waals surface area (Å²) in [7, 11) is 0. The van der Waals surface area contributed by atoms with Crippen LogP contribution in [0.25, 0.3) is 10.9 Å². The molecule has 2 aromatic heterocycles. The molecule has 0 radical (unpaired) electrons. The van der Waals surface area contributed by atoms with E-state index >= 15 is 0 Å². The average molecular weight is 252 g/mol. The summed E-state index contributed by atoms with van der Waals surface area (Å²) in [5, 5.41) is 0.950. The highest BCUT2D eigenvalue weighted by Gasteiger charge is 2.15. The third-order valence-electron chi connectivity index (χ3n) is 2.51. The lowest BCUT2D eigenvalue weighted by Gasteiger charge is -2.03. The quantitative estimate of drug-likeness (QED) is 0.475. The van der Waals surface area contributed by atoms with Gasteiger partial charge in [0.15, 0.2) is 12.3 Å². The molecule has 0 N–H and O–H groups in total. The standard InChI is InChI=1S/C12H12ClN2O2/c1-2-15-7-10(12(16)17-8-13)5-9-3-4-14-6-11(9)15/h3-7H,2,8H2,1H3/q+1. The normalized spacial score (nSPS) is 10.5. The van der Waals surface area contributed by atoms with E-state index in [1.807, 2.05) is 17.6 Å². The van der Waals surface area contributed by atoms with Crippen molar-refractivity contribution in [1.29, 1.82) is 0 Å². The summed E-state index contributed by atoms with van der Waals surface area (Å²) in [6.45, 7) is 2.76. The van der Waals surface area contributed by atoms with Crippen LogP contribution in [0.5, 0.6) is 0 Å². The van der Waals surface area contributed by atoms with Gasteiger partial charge in [-0.25, -0.2) is 4.79 Å². The Balaban J connectivity index is 2.56. The molecule has 0 spiro atoms. The minimum absolute atomic E-state index is 0.140. The van der Waals surface area contributed by atoms with Crippen LogP contribution in [0.2, 0.25) is 0 Å². The first-order valence-corrected chi connectivity index (χ1v) is 5.80. The number of ether oxygens (including phenoxy) is 1. The van der Waals surface area contributed by atoms with Crippen LogP contribution in [0.15, 0.2) is 30.7 Å². The fourth-order valence-corrected chi connectivity index (χ4v) is 1.81. The Morgan fingerprint density at radius 3 is 3.12 bits per heavy atom. The molecule has 4 nitrogen and oxygen atoms in total. The Morgan fingerprint density at radius 1 is 1.59 bits per heavy atom. The van der Waals surface area contributed by atoms with Gasteiger partial charge in [0.2, 0.25) is 5.52 Å². The van der Waals surface area contributed by atoms with Crippen LogP contribution in [0.3, 0.4) is 0 Å². The topological polar surface area (TPSA) is 43.1 Å². The molecule has 0 bridgehead atoms. The zero-order valence-electron chi connectivity index (χ0n) is 9.39. The highest BCUT2D eigenvalue weighted by Crippen LogP contribution is 2.11. The maximum atomic E-state index is 11.6. The lowest BCUT2D eigenvalue weighted by Crippen LogP contribution is -2.34. The maximum Gasteiger partial charge on any atom is 0.345 e. The largest absolute Gasteiger partial charge is 0.446 e. The van der Waals surface area contributed by atoms with Gasteiger partial charge in [-0.3, -0.25) is 4.98 Å². The number of halogens is 1. The first kappa shape index (κ1) is 11.8. The molecule has 0 aliphatic carbocycles. The minimum Gasteiger partial charge on any atom is -0.446 e. The number of hydrogen-bond acceptors (Lipinski definition) is 3. The SMILES string of the molecule is CC[n+]1cc(C(=O)OCCl)cc2ccncc21. The zero-order chi connectivity index (χ0) is 12.3. The van der Waals surface area contributed by atoms with Gasteiger partial charge in [-0.2, -0.15) is 4.57 Å². The van der Waals surface area contributed by atoms with Gasteiger partial charge in [-0.15, -0.1) is 0 Å². The van der Waals surface area contributed by atoms with E-state index in [0.717, 1.165) is 17.4 Å². The van der Waals surface area contributed by atoms with E-state index in [0.29, 0.717) is 5.56 Å². The molecule has 0 aromatic carbocycles. The van der Waals surface area contributed by atoms with E-state index in [-0.39, 0.29) is 6.07 Å². The number of rotatable bonds is 3. The van der Waals surface area contributed by atoms with Crippen molar-refractivity contribution in [2.24, 2.45) is 0 Å². The summed E-state index contributed by atoms with van der Waals surface area (Å²) in [5.41, 5.74) is 1.48. The molecule has 17 heavy (non-hydrogen) atoms. The number of carbonyl (C=O) groups excluding carboxylic acids is 1. The second-order valence-electron chi connectivity index (χ2n) is 3.49. The molecule has 0 saturated heterocycles. The summed E-state index contributed by atoms with van der Waals surface area (Å²) in [6.07, 6.45) is 5.22. The monoisotopic (exact) mass is 251 g/mol. The predicted octanol–water partition coefficient (Wildman–Crippen LogP) is 1.90. The second-order valence-corrected chi connectivity index (χ2v) is 3.71. The molecule has 0 unspecified atom stereocenters. The summed E-state index contributed by atoms with van der Waals surface area (Å²) < 4.78 is 6.73. The minimum atomic E-state index is -0.416. The molecule has 0 amide bonds. The van der Waals surface area contributed by atoms with Crippen LogP contribution in [-0.4, -0.2) is 17.0 Å². The van der Waals surface area contributed by atoms with Gasteiger partial charge in [0.05, 0.1) is 11.6 Å². The van der Waals surface area contributed by atoms with Gasteiger partial charge in [0.25, 0.3) is 0 Å². The van der Waals surface area contributed by atoms with Crippen molar-refractivity contribution in [2.45, 2.75) is 13.5 Å². The molecule has 2 heterocycles. The van der Waals surface area contributed by atoms with Crippen molar-refractivity contribution in [1.82, 2.24) is 4.98 Å². The van der Waals surface area contributed by atoms with Crippen LogP contribution < -0.4 is 4.57 Å². The average Bonchev–Trinajstić information content (AvgIpc) is 2.37. The second kappa shape index (κ2) is 5.10. The molecule has 0 aliphatic heterocycles. The molecule has 0 saturated carbocycles. The number of carbonyl (C=O) groups is 1. The molecular formula is C12H12ClN2O2+. The molecule has 5 heteroatoms. The molecule has 0 fully saturated rings. The van der Waals surface area contributed by atoms with E-state index in [9.17, 15) is 4.79 Å². The molecule has 2 rings (SSSR count). The van der Waals surface area contributed by atoms with Crippen molar-refractivity contribution in [3.8, 4) is 0 Å².